The van der Waals surface area contributed by atoms with Crippen molar-refractivity contribution in [2.75, 3.05) is 19.8 Å². The van der Waals surface area contributed by atoms with E-state index in [0.29, 0.717) is 29.4 Å². The Kier molecular flexibility index (Phi) is 5.81. The van der Waals surface area contributed by atoms with Crippen LogP contribution in [0.2, 0.25) is 0 Å². The molecule has 2 amide bonds. The summed E-state index contributed by atoms with van der Waals surface area (Å²) in [5.41, 5.74) is 5.14. The fourth-order valence-corrected chi connectivity index (χ4v) is 3.09. The molecular weight excluding hydrogens is 376 g/mol. The number of amides is 2. The molecule has 152 valence electrons. The van der Waals surface area contributed by atoms with E-state index in [1.54, 1.807) is 42.5 Å². The molecule has 8 heteroatoms. The molecule has 0 bridgehead atoms. The molecule has 2 aliphatic heterocycles. The number of hydrogen-bond donors (Lipinski definition) is 2. The molecule has 0 aromatic heterocycles. The van der Waals surface area contributed by atoms with Crippen LogP contribution in [0.5, 0.6) is 17.2 Å². The quantitative estimate of drug-likeness (QED) is 0.747. The van der Waals surface area contributed by atoms with Gasteiger partial charge in [0.25, 0.3) is 11.8 Å². The first-order valence-corrected chi connectivity index (χ1v) is 9.52. The molecule has 8 nitrogen and oxygen atoms in total. The number of benzene rings is 2. The van der Waals surface area contributed by atoms with E-state index in [-0.39, 0.29) is 12.7 Å². The number of hydrazine groups is 1. The summed E-state index contributed by atoms with van der Waals surface area (Å²) in [5.74, 6) is 0.796. The number of hydrogen-bond acceptors (Lipinski definition) is 6. The van der Waals surface area contributed by atoms with Gasteiger partial charge in [-0.1, -0.05) is 12.1 Å². The molecule has 2 aromatic rings. The first-order valence-electron chi connectivity index (χ1n) is 9.52. The third-order valence-electron chi connectivity index (χ3n) is 4.68. The van der Waals surface area contributed by atoms with E-state index >= 15 is 0 Å². The van der Waals surface area contributed by atoms with Gasteiger partial charge in [0, 0.05) is 12.2 Å². The predicted molar refractivity (Wildman–Crippen MR) is 103 cm³/mol. The summed E-state index contributed by atoms with van der Waals surface area (Å²) in [6.07, 6.45) is 1.34. The summed E-state index contributed by atoms with van der Waals surface area (Å²) in [5, 5.41) is 0. The third kappa shape index (κ3) is 4.78. The Bertz CT molecular complexity index is 864. The first kappa shape index (κ1) is 19.1. The molecule has 2 aliphatic rings. The Morgan fingerprint density at radius 2 is 1.83 bits per heavy atom. The van der Waals surface area contributed by atoms with Crippen LogP contribution in [0, 0.1) is 0 Å². The average Bonchev–Trinajstić information content (AvgIpc) is 3.29. The molecule has 2 heterocycles. The number of fused-ring (bicyclic) bond motifs is 1. The topological polar surface area (TPSA) is 95.1 Å². The number of rotatable bonds is 5. The highest BCUT2D eigenvalue weighted by Gasteiger charge is 2.27. The second-order valence-corrected chi connectivity index (χ2v) is 6.78. The lowest BCUT2D eigenvalue weighted by Crippen LogP contribution is -2.50. The highest BCUT2D eigenvalue weighted by atomic mass is 16.6. The standard InChI is InChI=1S/C21H22N2O6/c24-20(14-7-9-15(10-8-14)27-12-16-4-3-11-26-16)22-23-21(25)19-13-28-17-5-1-2-6-18(17)29-19/h1-2,5-10,16,19H,3-4,11-13H2,(H,22,24)(H,23,25)/t16-,19-/m1/s1. The highest BCUT2D eigenvalue weighted by Crippen LogP contribution is 2.30. The van der Waals surface area contributed by atoms with Crippen molar-refractivity contribution in [3.05, 3.63) is 54.1 Å². The second-order valence-electron chi connectivity index (χ2n) is 6.78. The summed E-state index contributed by atoms with van der Waals surface area (Å²) in [7, 11) is 0. The number of para-hydroxylation sites is 2. The van der Waals surface area contributed by atoms with Gasteiger partial charge in [0.2, 0.25) is 6.10 Å². The van der Waals surface area contributed by atoms with Gasteiger partial charge >= 0.3 is 0 Å². The summed E-state index contributed by atoms with van der Waals surface area (Å²) < 4.78 is 22.3. The number of carbonyl (C=O) groups excluding carboxylic acids is 2. The summed E-state index contributed by atoms with van der Waals surface area (Å²) in [6, 6.07) is 13.8. The maximum absolute atomic E-state index is 12.2. The Morgan fingerprint density at radius 3 is 2.59 bits per heavy atom. The molecule has 2 aromatic carbocycles. The van der Waals surface area contributed by atoms with Gasteiger partial charge in [0.15, 0.2) is 11.5 Å². The molecule has 0 radical (unpaired) electrons. The Hall–Kier alpha value is -3.26. The zero-order valence-electron chi connectivity index (χ0n) is 15.8. The zero-order chi connectivity index (χ0) is 20.1. The van der Waals surface area contributed by atoms with E-state index in [1.165, 1.54) is 0 Å². The van der Waals surface area contributed by atoms with E-state index < -0.39 is 17.9 Å². The van der Waals surface area contributed by atoms with Crippen molar-refractivity contribution >= 4 is 11.8 Å². The van der Waals surface area contributed by atoms with Gasteiger partial charge in [-0.05, 0) is 49.2 Å². The number of nitrogens with one attached hydrogen (secondary N) is 2. The molecule has 0 saturated carbocycles. The van der Waals surface area contributed by atoms with Gasteiger partial charge in [0.05, 0.1) is 6.10 Å². The molecule has 2 atom stereocenters. The van der Waals surface area contributed by atoms with Gasteiger partial charge < -0.3 is 18.9 Å². The van der Waals surface area contributed by atoms with Crippen LogP contribution >= 0.6 is 0 Å². The van der Waals surface area contributed by atoms with Gasteiger partial charge in [-0.25, -0.2) is 0 Å². The van der Waals surface area contributed by atoms with Crippen LogP contribution in [0.1, 0.15) is 23.2 Å². The third-order valence-corrected chi connectivity index (χ3v) is 4.68. The van der Waals surface area contributed by atoms with Crippen LogP contribution in [0.4, 0.5) is 0 Å². The Labute approximate surface area is 168 Å². The van der Waals surface area contributed by atoms with Crippen molar-refractivity contribution in [3.8, 4) is 17.2 Å². The van der Waals surface area contributed by atoms with E-state index in [1.807, 2.05) is 6.07 Å². The zero-order valence-corrected chi connectivity index (χ0v) is 15.8. The maximum Gasteiger partial charge on any atom is 0.283 e. The van der Waals surface area contributed by atoms with E-state index in [2.05, 4.69) is 10.9 Å². The Balaban J connectivity index is 1.24. The number of ether oxygens (including phenoxy) is 4. The molecule has 1 fully saturated rings. The van der Waals surface area contributed by atoms with Crippen molar-refractivity contribution in [2.24, 2.45) is 0 Å². The van der Waals surface area contributed by atoms with Crippen LogP contribution in [0.25, 0.3) is 0 Å². The smallest absolute Gasteiger partial charge is 0.283 e. The lowest BCUT2D eigenvalue weighted by Gasteiger charge is -2.25. The normalized spacial score (nSPS) is 20.0. The highest BCUT2D eigenvalue weighted by molar-refractivity contribution is 5.95. The van der Waals surface area contributed by atoms with Crippen LogP contribution in [0.15, 0.2) is 48.5 Å². The second kappa shape index (κ2) is 8.83. The fraction of sp³-hybridized carbons (Fsp3) is 0.333. The number of carbonyl (C=O) groups is 2. The molecule has 1 saturated heterocycles. The van der Waals surface area contributed by atoms with Crippen molar-refractivity contribution in [2.45, 2.75) is 25.0 Å². The minimum absolute atomic E-state index is 0.0649. The van der Waals surface area contributed by atoms with Crippen LogP contribution in [0.3, 0.4) is 0 Å². The Morgan fingerprint density at radius 1 is 1.03 bits per heavy atom. The predicted octanol–water partition coefficient (Wildman–Crippen LogP) is 1.85. The lowest BCUT2D eigenvalue weighted by atomic mass is 10.2. The maximum atomic E-state index is 12.2. The van der Waals surface area contributed by atoms with Gasteiger partial charge in [-0.15, -0.1) is 0 Å². The van der Waals surface area contributed by atoms with Crippen LogP contribution in [-0.4, -0.2) is 43.8 Å². The molecule has 4 rings (SSSR count). The van der Waals surface area contributed by atoms with Crippen LogP contribution in [-0.2, 0) is 9.53 Å². The van der Waals surface area contributed by atoms with E-state index in [0.717, 1.165) is 19.4 Å². The molecule has 0 spiro atoms. The SMILES string of the molecule is O=C(NNC(=O)[C@H]1COc2ccccc2O1)c1ccc(OC[C@H]2CCCO2)cc1. The molecular formula is C21H22N2O6. The largest absolute Gasteiger partial charge is 0.491 e. The molecule has 0 aliphatic carbocycles. The summed E-state index contributed by atoms with van der Waals surface area (Å²) >= 11 is 0. The van der Waals surface area contributed by atoms with Crippen molar-refractivity contribution < 1.29 is 28.5 Å². The van der Waals surface area contributed by atoms with Crippen LogP contribution < -0.4 is 25.1 Å². The molecule has 0 unspecified atom stereocenters. The average molecular weight is 398 g/mol. The summed E-state index contributed by atoms with van der Waals surface area (Å²) in [4.78, 5) is 24.5. The fourth-order valence-electron chi connectivity index (χ4n) is 3.09. The van der Waals surface area contributed by atoms with Gasteiger partial charge in [-0.2, -0.15) is 0 Å². The molecule has 29 heavy (non-hydrogen) atoms. The monoisotopic (exact) mass is 398 g/mol. The van der Waals surface area contributed by atoms with E-state index in [4.69, 9.17) is 18.9 Å². The minimum atomic E-state index is -0.848. The summed E-state index contributed by atoms with van der Waals surface area (Å²) in [6.45, 7) is 1.34. The van der Waals surface area contributed by atoms with E-state index in [9.17, 15) is 9.59 Å². The van der Waals surface area contributed by atoms with Gasteiger partial charge in [-0.3, -0.25) is 20.4 Å². The van der Waals surface area contributed by atoms with Gasteiger partial charge in [0.1, 0.15) is 19.0 Å². The molecule has 2 N–H and O–H groups in total. The van der Waals surface area contributed by atoms with Crippen molar-refractivity contribution in [1.29, 1.82) is 0 Å². The van der Waals surface area contributed by atoms with Crippen molar-refractivity contribution in [3.63, 3.8) is 0 Å². The lowest BCUT2D eigenvalue weighted by molar-refractivity contribution is -0.131. The van der Waals surface area contributed by atoms with Crippen molar-refractivity contribution in [1.82, 2.24) is 10.9 Å². The minimum Gasteiger partial charge on any atom is -0.491 e. The first-order chi connectivity index (χ1) is 14.2.